The second-order valence-corrected chi connectivity index (χ2v) is 11.6. The van der Waals surface area contributed by atoms with E-state index >= 15 is 0 Å². The molecule has 21 heavy (non-hydrogen) atoms. The monoisotopic (exact) mass is 297 g/mol. The van der Waals surface area contributed by atoms with E-state index in [4.69, 9.17) is 0 Å². The highest BCUT2D eigenvalue weighted by Crippen LogP contribution is 2.34. The summed E-state index contributed by atoms with van der Waals surface area (Å²) < 4.78 is 0. The van der Waals surface area contributed by atoms with E-state index in [1.165, 1.54) is 5.19 Å². The number of hydrogen-bond acceptors (Lipinski definition) is 2. The van der Waals surface area contributed by atoms with Crippen LogP contribution in [0.25, 0.3) is 0 Å². The highest BCUT2D eigenvalue weighted by Gasteiger charge is 2.42. The third-order valence-corrected chi connectivity index (χ3v) is 6.09. The van der Waals surface area contributed by atoms with Crippen LogP contribution in [0.4, 0.5) is 0 Å². The van der Waals surface area contributed by atoms with E-state index in [-0.39, 0.29) is 5.91 Å². The lowest BCUT2D eigenvalue weighted by Gasteiger charge is -2.25. The molecule has 0 spiro atoms. The maximum atomic E-state index is 12.0. The predicted molar refractivity (Wildman–Crippen MR) is 86.3 cm³/mol. The molecule has 3 rings (SSSR count). The lowest BCUT2D eigenvalue weighted by atomic mass is 9.95. The van der Waals surface area contributed by atoms with E-state index in [0.29, 0.717) is 16.7 Å². The first kappa shape index (κ1) is 14.0. The van der Waals surface area contributed by atoms with Crippen molar-refractivity contribution in [3.05, 3.63) is 65.2 Å². The Kier molecular flexibility index (Phi) is 3.04. The summed E-state index contributed by atoms with van der Waals surface area (Å²) >= 11 is 0. The van der Waals surface area contributed by atoms with Crippen LogP contribution in [0.15, 0.2) is 48.5 Å². The molecule has 3 nitrogen and oxygen atoms in total. The number of fused-ring (bicyclic) bond motifs is 1. The van der Waals surface area contributed by atoms with Crippen molar-refractivity contribution in [1.82, 2.24) is 5.32 Å². The first-order chi connectivity index (χ1) is 9.82. The molecular weight excluding hydrogens is 278 g/mol. The van der Waals surface area contributed by atoms with Crippen LogP contribution in [-0.4, -0.2) is 19.1 Å². The van der Waals surface area contributed by atoms with Crippen molar-refractivity contribution in [3.8, 4) is 0 Å². The zero-order valence-electron chi connectivity index (χ0n) is 12.5. The van der Waals surface area contributed by atoms with Crippen molar-refractivity contribution in [3.63, 3.8) is 0 Å². The van der Waals surface area contributed by atoms with Gasteiger partial charge in [-0.15, -0.1) is 0 Å². The summed E-state index contributed by atoms with van der Waals surface area (Å²) in [5.74, 6) is -0.234. The molecule has 0 bridgehead atoms. The normalized spacial score (nSPS) is 21.0. The van der Waals surface area contributed by atoms with Crippen molar-refractivity contribution in [2.24, 2.45) is 0 Å². The van der Waals surface area contributed by atoms with Crippen molar-refractivity contribution in [1.29, 1.82) is 0 Å². The summed E-state index contributed by atoms with van der Waals surface area (Å²) in [5, 5.41) is 15.0. The van der Waals surface area contributed by atoms with Gasteiger partial charge in [0.2, 0.25) is 0 Å². The lowest BCUT2D eigenvalue weighted by Crippen LogP contribution is -2.41. The number of amides is 1. The molecule has 1 aliphatic heterocycles. The van der Waals surface area contributed by atoms with Crippen LogP contribution in [0.2, 0.25) is 19.6 Å². The minimum Gasteiger partial charge on any atom is -0.363 e. The summed E-state index contributed by atoms with van der Waals surface area (Å²) in [6.45, 7) is 6.84. The van der Waals surface area contributed by atoms with Gasteiger partial charge in [0.05, 0.1) is 8.07 Å². The van der Waals surface area contributed by atoms with Gasteiger partial charge in [-0.25, -0.2) is 0 Å². The predicted octanol–water partition coefficient (Wildman–Crippen LogP) is 2.17. The van der Waals surface area contributed by atoms with E-state index in [1.54, 1.807) is 18.2 Å². The van der Waals surface area contributed by atoms with E-state index in [2.05, 4.69) is 37.1 Å². The van der Waals surface area contributed by atoms with Gasteiger partial charge in [0.25, 0.3) is 5.91 Å². The fourth-order valence-corrected chi connectivity index (χ4v) is 3.90. The number of rotatable bonds is 2. The fourth-order valence-electron chi connectivity index (χ4n) is 2.73. The number of nitrogens with one attached hydrogen (secondary N) is 1. The minimum atomic E-state index is -1.42. The molecular formula is C17H19NO2Si. The second-order valence-electron chi connectivity index (χ2n) is 6.54. The van der Waals surface area contributed by atoms with Crippen molar-refractivity contribution >= 4 is 19.2 Å². The van der Waals surface area contributed by atoms with Gasteiger partial charge >= 0.3 is 0 Å². The second kappa shape index (κ2) is 4.54. The molecule has 0 saturated carbocycles. The molecule has 2 aromatic carbocycles. The molecule has 4 heteroatoms. The van der Waals surface area contributed by atoms with Crippen LogP contribution in [0.1, 0.15) is 21.5 Å². The molecule has 1 unspecified atom stereocenters. The number of carbonyl (C=O) groups excluding carboxylic acids is 1. The molecule has 2 N–H and O–H groups in total. The summed E-state index contributed by atoms with van der Waals surface area (Å²) in [7, 11) is -1.37. The number of hydrogen-bond donors (Lipinski definition) is 2. The molecule has 1 atom stereocenters. The molecule has 0 aromatic heterocycles. The van der Waals surface area contributed by atoms with Gasteiger partial charge in [-0.05, 0) is 6.07 Å². The first-order valence-corrected chi connectivity index (χ1v) is 10.6. The van der Waals surface area contributed by atoms with Gasteiger partial charge in [0.15, 0.2) is 5.72 Å². The average molecular weight is 297 g/mol. The molecule has 0 aliphatic carbocycles. The quantitative estimate of drug-likeness (QED) is 0.835. The fraction of sp³-hybridized carbons (Fsp3) is 0.235. The molecule has 0 radical (unpaired) electrons. The van der Waals surface area contributed by atoms with Gasteiger partial charge in [0, 0.05) is 16.7 Å². The largest absolute Gasteiger partial charge is 0.363 e. The SMILES string of the molecule is C[Si](C)(C)c1ccc(C2(O)NC(=O)c3ccccc32)cc1. The highest BCUT2D eigenvalue weighted by molar-refractivity contribution is 6.88. The Morgan fingerprint density at radius 3 is 2.24 bits per heavy atom. The number of carbonyl (C=O) groups is 1. The highest BCUT2D eigenvalue weighted by atomic mass is 28.3. The first-order valence-electron chi connectivity index (χ1n) is 7.08. The number of benzene rings is 2. The van der Waals surface area contributed by atoms with Gasteiger partial charge < -0.3 is 10.4 Å². The van der Waals surface area contributed by atoms with Gasteiger partial charge in [0.1, 0.15) is 0 Å². The molecule has 0 fully saturated rings. The van der Waals surface area contributed by atoms with Crippen LogP contribution in [0.3, 0.4) is 0 Å². The van der Waals surface area contributed by atoms with Crippen LogP contribution in [0.5, 0.6) is 0 Å². The zero-order valence-corrected chi connectivity index (χ0v) is 13.5. The van der Waals surface area contributed by atoms with Crippen molar-refractivity contribution < 1.29 is 9.90 Å². The van der Waals surface area contributed by atoms with E-state index in [1.807, 2.05) is 18.2 Å². The Morgan fingerprint density at radius 2 is 1.62 bits per heavy atom. The van der Waals surface area contributed by atoms with Crippen molar-refractivity contribution in [2.45, 2.75) is 25.4 Å². The smallest absolute Gasteiger partial charge is 0.254 e. The molecule has 108 valence electrons. The molecule has 0 saturated heterocycles. The number of aliphatic hydroxyl groups is 1. The summed E-state index contributed by atoms with van der Waals surface area (Å²) in [4.78, 5) is 12.0. The lowest BCUT2D eigenvalue weighted by molar-refractivity contribution is 0.0476. The van der Waals surface area contributed by atoms with E-state index in [9.17, 15) is 9.90 Å². The van der Waals surface area contributed by atoms with Crippen LogP contribution < -0.4 is 10.5 Å². The summed E-state index contributed by atoms with van der Waals surface area (Å²) in [5.41, 5.74) is 0.430. The Bertz CT molecular complexity index is 703. The Balaban J connectivity index is 2.07. The summed E-state index contributed by atoms with van der Waals surface area (Å²) in [6.07, 6.45) is 0. The van der Waals surface area contributed by atoms with Crippen LogP contribution >= 0.6 is 0 Å². The third-order valence-electron chi connectivity index (χ3n) is 4.02. The molecule has 2 aromatic rings. The maximum Gasteiger partial charge on any atom is 0.254 e. The minimum absolute atomic E-state index is 0.234. The van der Waals surface area contributed by atoms with E-state index < -0.39 is 13.8 Å². The van der Waals surface area contributed by atoms with Crippen molar-refractivity contribution in [2.75, 3.05) is 0 Å². The van der Waals surface area contributed by atoms with Gasteiger partial charge in [-0.2, -0.15) is 0 Å². The van der Waals surface area contributed by atoms with E-state index in [0.717, 1.165) is 0 Å². The maximum absolute atomic E-state index is 12.0. The average Bonchev–Trinajstić information content (AvgIpc) is 2.72. The van der Waals surface area contributed by atoms with Gasteiger partial charge in [-0.1, -0.05) is 67.3 Å². The molecule has 1 heterocycles. The Labute approximate surface area is 125 Å². The standard InChI is InChI=1S/C17H19NO2Si/c1-21(2,3)13-10-8-12(9-11-13)17(20)15-7-5-4-6-14(15)16(19)18-17/h4-11,20H,1-3H3,(H,18,19). The summed E-state index contributed by atoms with van der Waals surface area (Å²) in [6, 6.07) is 15.1. The molecule has 1 aliphatic rings. The topological polar surface area (TPSA) is 49.3 Å². The zero-order chi connectivity index (χ0) is 15.3. The van der Waals surface area contributed by atoms with Crippen LogP contribution in [0, 0.1) is 0 Å². The van der Waals surface area contributed by atoms with Crippen LogP contribution in [-0.2, 0) is 5.72 Å². The Morgan fingerprint density at radius 1 is 1.00 bits per heavy atom. The van der Waals surface area contributed by atoms with Gasteiger partial charge in [-0.3, -0.25) is 4.79 Å². The third kappa shape index (κ3) is 2.20. The Hall–Kier alpha value is -1.91. The molecule has 1 amide bonds.